The van der Waals surface area contributed by atoms with E-state index in [0.29, 0.717) is 13.0 Å². The van der Waals surface area contributed by atoms with Gasteiger partial charge in [-0.25, -0.2) is 4.98 Å². The zero-order valence-corrected chi connectivity index (χ0v) is 13.6. The molecular weight excluding hydrogens is 302 g/mol. The van der Waals surface area contributed by atoms with E-state index in [9.17, 15) is 4.79 Å². The number of pyridine rings is 1. The smallest absolute Gasteiger partial charge is 0.167 e. The molecule has 0 spiro atoms. The largest absolute Gasteiger partial charge is 0.370 e. The number of fused-ring (bicyclic) bond motifs is 1. The monoisotopic (exact) mass is 321 g/mol. The topological polar surface area (TPSA) is 57.0 Å². The van der Waals surface area contributed by atoms with Gasteiger partial charge in [0.25, 0.3) is 0 Å². The van der Waals surface area contributed by atoms with E-state index in [1.807, 2.05) is 30.1 Å². The van der Waals surface area contributed by atoms with E-state index >= 15 is 0 Å². The molecule has 0 N–H and O–H groups in total. The van der Waals surface area contributed by atoms with Crippen LogP contribution < -0.4 is 0 Å². The SMILES string of the molecule is Cn1cncc1-c1ccc2cnc(CC(=O)[C@H]3CCCO3)cc2c1. The van der Waals surface area contributed by atoms with Gasteiger partial charge in [-0.2, -0.15) is 0 Å². The minimum atomic E-state index is -0.247. The van der Waals surface area contributed by atoms with Gasteiger partial charge in [-0.15, -0.1) is 0 Å². The number of nitrogens with zero attached hydrogens (tertiary/aromatic N) is 3. The van der Waals surface area contributed by atoms with Crippen molar-refractivity contribution in [2.75, 3.05) is 6.61 Å². The summed E-state index contributed by atoms with van der Waals surface area (Å²) in [6.07, 6.45) is 7.36. The molecule has 1 aromatic carbocycles. The van der Waals surface area contributed by atoms with Crippen molar-refractivity contribution in [2.24, 2.45) is 7.05 Å². The Kier molecular flexibility index (Phi) is 3.86. The maximum atomic E-state index is 12.3. The van der Waals surface area contributed by atoms with Crippen molar-refractivity contribution in [3.63, 3.8) is 0 Å². The first-order valence-electron chi connectivity index (χ1n) is 8.20. The lowest BCUT2D eigenvalue weighted by Crippen LogP contribution is -2.21. The lowest BCUT2D eigenvalue weighted by molar-refractivity contribution is -0.127. The highest BCUT2D eigenvalue weighted by atomic mass is 16.5. The lowest BCUT2D eigenvalue weighted by atomic mass is 10.0. The van der Waals surface area contributed by atoms with Crippen molar-refractivity contribution >= 4 is 16.6 Å². The molecule has 1 aliphatic rings. The molecule has 5 heteroatoms. The number of benzene rings is 1. The first-order valence-corrected chi connectivity index (χ1v) is 8.20. The van der Waals surface area contributed by atoms with Crippen LogP contribution in [0.15, 0.2) is 43.0 Å². The zero-order valence-electron chi connectivity index (χ0n) is 13.6. The Labute approximate surface area is 140 Å². The van der Waals surface area contributed by atoms with Gasteiger partial charge in [-0.3, -0.25) is 9.78 Å². The number of aryl methyl sites for hydroxylation is 1. The fraction of sp³-hybridized carbons (Fsp3) is 0.316. The minimum absolute atomic E-state index is 0.127. The van der Waals surface area contributed by atoms with Crippen molar-refractivity contribution < 1.29 is 9.53 Å². The van der Waals surface area contributed by atoms with Gasteiger partial charge in [0.1, 0.15) is 6.10 Å². The molecule has 0 radical (unpaired) electrons. The second-order valence-corrected chi connectivity index (χ2v) is 6.27. The Bertz CT molecular complexity index is 895. The molecule has 1 atom stereocenters. The molecule has 122 valence electrons. The number of ketones is 1. The summed E-state index contributed by atoms with van der Waals surface area (Å²) in [5.41, 5.74) is 2.96. The quantitative estimate of drug-likeness (QED) is 0.741. The third kappa shape index (κ3) is 2.83. The lowest BCUT2D eigenvalue weighted by Gasteiger charge is -2.09. The Morgan fingerprint density at radius 3 is 2.96 bits per heavy atom. The van der Waals surface area contributed by atoms with E-state index < -0.39 is 0 Å². The highest BCUT2D eigenvalue weighted by Gasteiger charge is 2.23. The number of ether oxygens (including phenoxy) is 1. The highest BCUT2D eigenvalue weighted by Crippen LogP contribution is 2.24. The van der Waals surface area contributed by atoms with Crippen molar-refractivity contribution in [2.45, 2.75) is 25.4 Å². The van der Waals surface area contributed by atoms with Gasteiger partial charge < -0.3 is 9.30 Å². The summed E-state index contributed by atoms with van der Waals surface area (Å²) in [7, 11) is 1.98. The molecule has 0 saturated carbocycles. The fourth-order valence-electron chi connectivity index (χ4n) is 3.20. The maximum Gasteiger partial charge on any atom is 0.167 e. The molecule has 0 unspecified atom stereocenters. The molecular formula is C19H19N3O2. The average Bonchev–Trinajstić information content (AvgIpc) is 3.25. The second-order valence-electron chi connectivity index (χ2n) is 6.27. The third-order valence-electron chi connectivity index (χ3n) is 4.53. The van der Waals surface area contributed by atoms with Crippen LogP contribution in [-0.4, -0.2) is 33.0 Å². The van der Waals surface area contributed by atoms with Crippen molar-refractivity contribution in [1.82, 2.24) is 14.5 Å². The summed E-state index contributed by atoms with van der Waals surface area (Å²) in [5, 5.41) is 2.15. The van der Waals surface area contributed by atoms with Gasteiger partial charge in [0.2, 0.25) is 0 Å². The number of Topliss-reactive ketones (excluding diaryl/α,β-unsaturated/α-hetero) is 1. The van der Waals surface area contributed by atoms with E-state index in [4.69, 9.17) is 4.74 Å². The van der Waals surface area contributed by atoms with Crippen LogP contribution in [0.2, 0.25) is 0 Å². The molecule has 1 aliphatic heterocycles. The normalized spacial score (nSPS) is 17.5. The number of carbonyl (C=O) groups excluding carboxylic acids is 1. The molecule has 1 saturated heterocycles. The number of rotatable bonds is 4. The van der Waals surface area contributed by atoms with Gasteiger partial charge in [0.15, 0.2) is 5.78 Å². The third-order valence-corrected chi connectivity index (χ3v) is 4.53. The molecule has 0 bridgehead atoms. The number of aromatic nitrogens is 3. The predicted octanol–water partition coefficient (Wildman–Crippen LogP) is 2.93. The van der Waals surface area contributed by atoms with Crippen LogP contribution in [0.5, 0.6) is 0 Å². The Morgan fingerprint density at radius 1 is 1.29 bits per heavy atom. The van der Waals surface area contributed by atoms with Gasteiger partial charge in [0.05, 0.1) is 24.6 Å². The first-order chi connectivity index (χ1) is 11.7. The highest BCUT2D eigenvalue weighted by molar-refractivity contribution is 5.89. The van der Waals surface area contributed by atoms with Crippen LogP contribution in [0.3, 0.4) is 0 Å². The van der Waals surface area contributed by atoms with Gasteiger partial charge in [-0.1, -0.05) is 12.1 Å². The molecule has 24 heavy (non-hydrogen) atoms. The number of hydrogen-bond donors (Lipinski definition) is 0. The number of hydrogen-bond acceptors (Lipinski definition) is 4. The second kappa shape index (κ2) is 6.17. The molecule has 3 aromatic rings. The van der Waals surface area contributed by atoms with Crippen molar-refractivity contribution in [3.05, 3.63) is 48.7 Å². The number of carbonyl (C=O) groups is 1. The first kappa shape index (κ1) is 15.0. The van der Waals surface area contributed by atoms with Crippen LogP contribution >= 0.6 is 0 Å². The molecule has 3 heterocycles. The molecule has 4 rings (SSSR count). The Hall–Kier alpha value is -2.53. The van der Waals surface area contributed by atoms with Crippen molar-refractivity contribution in [1.29, 1.82) is 0 Å². The van der Waals surface area contributed by atoms with E-state index in [2.05, 4.69) is 28.2 Å². The zero-order chi connectivity index (χ0) is 16.5. The van der Waals surface area contributed by atoms with E-state index in [0.717, 1.165) is 40.6 Å². The molecule has 5 nitrogen and oxygen atoms in total. The summed E-state index contributed by atoms with van der Waals surface area (Å²) in [6.45, 7) is 0.690. The minimum Gasteiger partial charge on any atom is -0.370 e. The van der Waals surface area contributed by atoms with Crippen LogP contribution in [0.4, 0.5) is 0 Å². The van der Waals surface area contributed by atoms with Gasteiger partial charge in [0, 0.05) is 36.5 Å². The summed E-state index contributed by atoms with van der Waals surface area (Å²) in [4.78, 5) is 20.9. The molecule has 0 amide bonds. The summed E-state index contributed by atoms with van der Waals surface area (Å²) >= 11 is 0. The predicted molar refractivity (Wildman–Crippen MR) is 91.6 cm³/mol. The van der Waals surface area contributed by atoms with E-state index in [-0.39, 0.29) is 11.9 Å². The van der Waals surface area contributed by atoms with Gasteiger partial charge in [-0.05, 0) is 30.4 Å². The van der Waals surface area contributed by atoms with Crippen LogP contribution in [0.25, 0.3) is 22.0 Å². The Balaban J connectivity index is 1.64. The summed E-state index contributed by atoms with van der Waals surface area (Å²) in [5.74, 6) is 0.127. The summed E-state index contributed by atoms with van der Waals surface area (Å²) in [6, 6.07) is 8.24. The average molecular weight is 321 g/mol. The Morgan fingerprint density at radius 2 is 2.21 bits per heavy atom. The van der Waals surface area contributed by atoms with Crippen LogP contribution in [0.1, 0.15) is 18.5 Å². The van der Waals surface area contributed by atoms with E-state index in [1.54, 1.807) is 6.33 Å². The van der Waals surface area contributed by atoms with Crippen LogP contribution in [-0.2, 0) is 23.0 Å². The van der Waals surface area contributed by atoms with Gasteiger partial charge >= 0.3 is 0 Å². The molecule has 0 aliphatic carbocycles. The van der Waals surface area contributed by atoms with Crippen molar-refractivity contribution in [3.8, 4) is 11.3 Å². The fourth-order valence-corrected chi connectivity index (χ4v) is 3.20. The molecule has 1 fully saturated rings. The maximum absolute atomic E-state index is 12.3. The van der Waals surface area contributed by atoms with E-state index in [1.165, 1.54) is 0 Å². The summed E-state index contributed by atoms with van der Waals surface area (Å²) < 4.78 is 7.46. The van der Waals surface area contributed by atoms with Crippen LogP contribution in [0, 0.1) is 0 Å². The molecule has 2 aromatic heterocycles. The number of imidazole rings is 1. The standard InChI is InChI=1S/C19H19N3O2/c1-22-12-20-11-17(22)13-4-5-14-10-21-16(8-15(14)7-13)9-18(23)19-3-2-6-24-19/h4-5,7-8,10-12,19H,2-3,6,9H2,1H3/t19-/m1/s1.